The Balaban J connectivity index is 1.32. The third kappa shape index (κ3) is 4.79. The summed E-state index contributed by atoms with van der Waals surface area (Å²) in [7, 11) is 1.49. The van der Waals surface area contributed by atoms with Crippen molar-refractivity contribution in [3.05, 3.63) is 95.7 Å². The Morgan fingerprint density at radius 2 is 1.86 bits per heavy atom. The summed E-state index contributed by atoms with van der Waals surface area (Å²) in [6.45, 7) is 0.419. The molecule has 9 heteroatoms. The fourth-order valence-corrected chi connectivity index (χ4v) is 3.76. The van der Waals surface area contributed by atoms with Crippen molar-refractivity contribution in [3.8, 4) is 22.9 Å². The number of aromatic carboxylic acids is 1. The highest BCUT2D eigenvalue weighted by atomic mass is 16.5. The minimum atomic E-state index is -1.05. The van der Waals surface area contributed by atoms with Gasteiger partial charge in [-0.15, -0.1) is 10.2 Å². The molecule has 2 aromatic heterocycles. The maximum atomic E-state index is 11.6. The number of carboxylic acid groups (broad SMARTS) is 1. The van der Waals surface area contributed by atoms with Crippen molar-refractivity contribution >= 4 is 16.9 Å². The van der Waals surface area contributed by atoms with E-state index in [9.17, 15) is 9.90 Å². The molecule has 0 radical (unpaired) electrons. The van der Waals surface area contributed by atoms with Crippen molar-refractivity contribution in [1.29, 1.82) is 0 Å². The summed E-state index contributed by atoms with van der Waals surface area (Å²) in [4.78, 5) is 17.6. The zero-order valence-electron chi connectivity index (χ0n) is 18.8. The van der Waals surface area contributed by atoms with Crippen molar-refractivity contribution in [2.75, 3.05) is 7.11 Å². The normalized spacial score (nSPS) is 10.9. The zero-order valence-corrected chi connectivity index (χ0v) is 18.8. The van der Waals surface area contributed by atoms with Gasteiger partial charge in [-0.25, -0.2) is 9.78 Å². The van der Waals surface area contributed by atoms with E-state index in [4.69, 9.17) is 9.47 Å². The Bertz CT molecular complexity index is 1510. The number of aromatic nitrogens is 5. The van der Waals surface area contributed by atoms with E-state index >= 15 is 0 Å². The lowest BCUT2D eigenvalue weighted by Crippen LogP contribution is -2.11. The summed E-state index contributed by atoms with van der Waals surface area (Å²) in [6.07, 6.45) is 0. The van der Waals surface area contributed by atoms with Crippen molar-refractivity contribution in [2.24, 2.45) is 0 Å². The molecule has 3 aromatic carbocycles. The fraction of sp³-hybridized carbons (Fsp3) is 0.115. The Kier molecular flexibility index (Phi) is 6.04. The molecule has 0 bridgehead atoms. The molecular weight excluding hydrogens is 446 g/mol. The van der Waals surface area contributed by atoms with E-state index in [0.717, 1.165) is 22.2 Å². The summed E-state index contributed by atoms with van der Waals surface area (Å²) < 4.78 is 11.3. The molecule has 0 fully saturated rings. The molecule has 0 aliphatic heterocycles. The molecule has 1 N–H and O–H groups in total. The lowest BCUT2D eigenvalue weighted by molar-refractivity contribution is 0.0695. The highest BCUT2D eigenvalue weighted by molar-refractivity contribution is 5.90. The van der Waals surface area contributed by atoms with Gasteiger partial charge in [-0.1, -0.05) is 42.5 Å². The van der Waals surface area contributed by atoms with Crippen molar-refractivity contribution in [2.45, 2.75) is 13.2 Å². The lowest BCUT2D eigenvalue weighted by atomic mass is 10.1. The van der Waals surface area contributed by atoms with Crippen molar-refractivity contribution < 1.29 is 19.4 Å². The number of carboxylic acids is 1. The molecule has 0 spiro atoms. The number of nitrogens with zero attached hydrogens (tertiary/aromatic N) is 5. The maximum Gasteiger partial charge on any atom is 0.336 e. The number of pyridine rings is 1. The van der Waals surface area contributed by atoms with Crippen LogP contribution < -0.4 is 9.47 Å². The van der Waals surface area contributed by atoms with Gasteiger partial charge in [0.25, 0.3) is 0 Å². The highest BCUT2D eigenvalue weighted by Gasteiger charge is 2.17. The summed E-state index contributed by atoms with van der Waals surface area (Å²) in [6, 6.07) is 24.1. The predicted octanol–water partition coefficient (Wildman–Crippen LogP) is 4.22. The maximum absolute atomic E-state index is 11.6. The molecule has 0 saturated carbocycles. The average Bonchev–Trinajstić information content (AvgIpc) is 3.36. The summed E-state index contributed by atoms with van der Waals surface area (Å²) in [5.74, 6) is 0.434. The first kappa shape index (κ1) is 22.0. The first-order chi connectivity index (χ1) is 17.1. The van der Waals surface area contributed by atoms with Gasteiger partial charge in [0.1, 0.15) is 18.1 Å². The highest BCUT2D eigenvalue weighted by Crippen LogP contribution is 2.25. The van der Waals surface area contributed by atoms with Crippen LogP contribution >= 0.6 is 0 Å². The molecule has 2 heterocycles. The first-order valence-electron chi connectivity index (χ1n) is 10.9. The third-order valence-electron chi connectivity index (χ3n) is 5.47. The smallest absolute Gasteiger partial charge is 0.336 e. The summed E-state index contributed by atoms with van der Waals surface area (Å²) in [5.41, 5.74) is 3.06. The number of rotatable bonds is 8. The predicted molar refractivity (Wildman–Crippen MR) is 128 cm³/mol. The number of benzene rings is 3. The number of ether oxygens (including phenoxy) is 2. The Morgan fingerprint density at radius 1 is 1.00 bits per heavy atom. The first-order valence-corrected chi connectivity index (χ1v) is 10.9. The molecule has 9 nitrogen and oxygen atoms in total. The average molecular weight is 467 g/mol. The Labute approximate surface area is 200 Å². The number of tetrazole rings is 1. The van der Waals surface area contributed by atoms with Crippen LogP contribution in [0, 0.1) is 0 Å². The van der Waals surface area contributed by atoms with E-state index < -0.39 is 5.97 Å². The quantitative estimate of drug-likeness (QED) is 0.361. The van der Waals surface area contributed by atoms with E-state index in [1.807, 2.05) is 60.7 Å². The van der Waals surface area contributed by atoms with E-state index in [0.29, 0.717) is 29.5 Å². The van der Waals surface area contributed by atoms with E-state index in [1.165, 1.54) is 18.0 Å². The van der Waals surface area contributed by atoms with Gasteiger partial charge in [-0.05, 0) is 41.6 Å². The molecule has 0 saturated heterocycles. The second-order valence-electron chi connectivity index (χ2n) is 7.75. The van der Waals surface area contributed by atoms with Crippen LogP contribution in [0.2, 0.25) is 0 Å². The van der Waals surface area contributed by atoms with Gasteiger partial charge < -0.3 is 14.6 Å². The summed E-state index contributed by atoms with van der Waals surface area (Å²) >= 11 is 0. The molecule has 0 amide bonds. The molecule has 35 heavy (non-hydrogen) atoms. The number of hydrogen-bond acceptors (Lipinski definition) is 7. The molecule has 0 atom stereocenters. The van der Waals surface area contributed by atoms with Gasteiger partial charge in [0.15, 0.2) is 0 Å². The van der Waals surface area contributed by atoms with Gasteiger partial charge in [-0.2, -0.15) is 4.80 Å². The second kappa shape index (κ2) is 9.60. The second-order valence-corrected chi connectivity index (χ2v) is 7.75. The van der Waals surface area contributed by atoms with Crippen LogP contribution in [-0.4, -0.2) is 43.4 Å². The van der Waals surface area contributed by atoms with Crippen molar-refractivity contribution in [3.63, 3.8) is 0 Å². The van der Waals surface area contributed by atoms with Gasteiger partial charge >= 0.3 is 5.97 Å². The van der Waals surface area contributed by atoms with Crippen LogP contribution in [0.5, 0.6) is 11.5 Å². The molecule has 0 aliphatic rings. The number of methoxy groups -OCH3 is 1. The Morgan fingerprint density at radius 3 is 2.71 bits per heavy atom. The topological polar surface area (TPSA) is 112 Å². The molecular formula is C26H21N5O4. The molecule has 0 unspecified atom stereocenters. The van der Waals surface area contributed by atoms with Crippen molar-refractivity contribution in [1.82, 2.24) is 25.2 Å². The molecule has 5 rings (SSSR count). The van der Waals surface area contributed by atoms with Gasteiger partial charge in [-0.3, -0.25) is 0 Å². The molecule has 5 aromatic rings. The number of para-hydroxylation sites is 1. The van der Waals surface area contributed by atoms with Gasteiger partial charge in [0.05, 0.1) is 30.4 Å². The third-order valence-corrected chi connectivity index (χ3v) is 5.47. The minimum Gasteiger partial charge on any atom is -0.496 e. The van der Waals surface area contributed by atoms with Gasteiger partial charge in [0.2, 0.25) is 5.82 Å². The van der Waals surface area contributed by atoms with E-state index in [1.54, 1.807) is 12.1 Å². The molecule has 0 aliphatic carbocycles. The van der Waals surface area contributed by atoms with Crippen LogP contribution in [0.4, 0.5) is 0 Å². The van der Waals surface area contributed by atoms with Crippen LogP contribution in [0.15, 0.2) is 78.9 Å². The Hall–Kier alpha value is -4.79. The van der Waals surface area contributed by atoms with Crippen LogP contribution in [0.3, 0.4) is 0 Å². The largest absolute Gasteiger partial charge is 0.496 e. The number of fused-ring (bicyclic) bond motifs is 1. The zero-order chi connectivity index (χ0) is 24.2. The standard InChI is InChI=1S/C26H21N5O4/c1-34-24-11-5-9-21(26(32)33)22(24)15-31-29-25(28-30-31)18-7-4-8-20(14-18)35-16-19-13-12-17-6-2-3-10-23(17)27-19/h2-14H,15-16H2,1H3,(H,32,33). The summed E-state index contributed by atoms with van der Waals surface area (Å²) in [5, 5.41) is 23.2. The van der Waals surface area contributed by atoms with E-state index in [2.05, 4.69) is 20.4 Å². The van der Waals surface area contributed by atoms with Crippen LogP contribution in [0.1, 0.15) is 21.6 Å². The van der Waals surface area contributed by atoms with E-state index in [-0.39, 0.29) is 12.1 Å². The minimum absolute atomic E-state index is 0.0997. The van der Waals surface area contributed by atoms with Crippen LogP contribution in [-0.2, 0) is 13.2 Å². The van der Waals surface area contributed by atoms with Crippen LogP contribution in [0.25, 0.3) is 22.3 Å². The fourth-order valence-electron chi connectivity index (χ4n) is 3.76. The number of hydrogen-bond donors (Lipinski definition) is 1. The lowest BCUT2D eigenvalue weighted by Gasteiger charge is -2.10. The monoisotopic (exact) mass is 467 g/mol. The molecule has 174 valence electrons. The van der Waals surface area contributed by atoms with Gasteiger partial charge in [0, 0.05) is 16.5 Å². The number of carbonyl (C=O) groups is 1. The SMILES string of the molecule is COc1cccc(C(=O)O)c1Cn1nnc(-c2cccc(OCc3ccc4ccccc4n3)c2)n1.